The first-order valence-corrected chi connectivity index (χ1v) is 2.76. The normalized spacial score (nSPS) is 31.9. The molecule has 0 saturated carbocycles. The lowest BCUT2D eigenvalue weighted by molar-refractivity contribution is -0.308. The van der Waals surface area contributed by atoms with Crippen LogP contribution in [-0.4, -0.2) is 24.1 Å². The van der Waals surface area contributed by atoms with Gasteiger partial charge in [-0.25, -0.2) is 4.39 Å². The van der Waals surface area contributed by atoms with E-state index in [1.807, 2.05) is 5.32 Å². The van der Waals surface area contributed by atoms with E-state index in [0.29, 0.717) is 0 Å². The molecule has 1 fully saturated rings. The third-order valence-electron chi connectivity index (χ3n) is 1.33. The van der Waals surface area contributed by atoms with Crippen molar-refractivity contribution in [3.8, 4) is 0 Å². The first kappa shape index (κ1) is 6.98. The minimum absolute atomic E-state index is 0.318. The Kier molecular flexibility index (Phi) is 1.57. The van der Waals surface area contributed by atoms with Crippen molar-refractivity contribution in [1.29, 1.82) is 0 Å². The van der Waals surface area contributed by atoms with Crippen LogP contribution in [0.4, 0.5) is 4.39 Å². The summed E-state index contributed by atoms with van der Waals surface area (Å²) in [4.78, 5) is 20.3. The molecule has 0 aromatic carbocycles. The fourth-order valence-corrected chi connectivity index (χ4v) is 0.790. The third-order valence-corrected chi connectivity index (χ3v) is 1.33. The molecule has 0 aromatic heterocycles. The zero-order valence-corrected chi connectivity index (χ0v) is 4.96. The fourth-order valence-electron chi connectivity index (χ4n) is 0.790. The van der Waals surface area contributed by atoms with E-state index in [9.17, 15) is 19.1 Å². The Morgan fingerprint density at radius 1 is 1.80 bits per heavy atom. The van der Waals surface area contributed by atoms with Gasteiger partial charge in [0.25, 0.3) is 5.91 Å². The van der Waals surface area contributed by atoms with E-state index < -0.39 is 24.1 Å². The zero-order chi connectivity index (χ0) is 7.72. The highest BCUT2D eigenvalue weighted by molar-refractivity contribution is 5.89. The Morgan fingerprint density at radius 3 is 2.60 bits per heavy atom. The number of nitrogens with one attached hydrogen (secondary N) is 1. The molecule has 0 aliphatic carbocycles. The predicted molar refractivity (Wildman–Crippen MR) is 26.5 cm³/mol. The van der Waals surface area contributed by atoms with Crippen molar-refractivity contribution >= 4 is 11.9 Å². The maximum absolute atomic E-state index is 12.2. The van der Waals surface area contributed by atoms with Crippen LogP contribution in [0.25, 0.3) is 0 Å². The quantitative estimate of drug-likeness (QED) is 0.463. The number of amides is 1. The van der Waals surface area contributed by atoms with Crippen molar-refractivity contribution < 1.29 is 19.1 Å². The van der Waals surface area contributed by atoms with Crippen LogP contribution >= 0.6 is 0 Å². The van der Waals surface area contributed by atoms with E-state index in [1.165, 1.54) is 0 Å². The summed E-state index contributed by atoms with van der Waals surface area (Å²) in [7, 11) is 0. The summed E-state index contributed by atoms with van der Waals surface area (Å²) in [6.07, 6.45) is -2.01. The van der Waals surface area contributed by atoms with Crippen LogP contribution in [0.2, 0.25) is 0 Å². The van der Waals surface area contributed by atoms with Crippen LogP contribution in [-0.2, 0) is 9.59 Å². The van der Waals surface area contributed by atoms with Crippen LogP contribution < -0.4 is 10.4 Å². The van der Waals surface area contributed by atoms with Crippen molar-refractivity contribution in [2.45, 2.75) is 18.6 Å². The van der Waals surface area contributed by atoms with Gasteiger partial charge in [-0.1, -0.05) is 0 Å². The maximum atomic E-state index is 12.2. The number of rotatable bonds is 1. The van der Waals surface area contributed by atoms with E-state index >= 15 is 0 Å². The monoisotopic (exact) mass is 146 g/mol. The molecular formula is C5H5FNO3-. The molecule has 0 radical (unpaired) electrons. The third kappa shape index (κ3) is 1.07. The van der Waals surface area contributed by atoms with E-state index in [1.54, 1.807) is 0 Å². The van der Waals surface area contributed by atoms with E-state index in [0.717, 1.165) is 0 Å². The molecule has 0 aromatic rings. The molecular weight excluding hydrogens is 141 g/mol. The Bertz CT molecular complexity index is 182. The summed E-state index contributed by atoms with van der Waals surface area (Å²) < 4.78 is 12.2. The van der Waals surface area contributed by atoms with Crippen LogP contribution in [0, 0.1) is 0 Å². The Balaban J connectivity index is 2.57. The molecule has 1 saturated heterocycles. The number of carbonyl (C=O) groups is 2. The van der Waals surface area contributed by atoms with Crippen LogP contribution in [0.3, 0.4) is 0 Å². The molecule has 5 heteroatoms. The lowest BCUT2D eigenvalue weighted by atomic mass is 10.2. The number of carbonyl (C=O) groups excluding carboxylic acids is 2. The SMILES string of the molecule is O=C([O-])[C@@H]1C[C@H](F)C(=O)N1. The van der Waals surface area contributed by atoms with Gasteiger partial charge in [-0.3, -0.25) is 4.79 Å². The molecule has 10 heavy (non-hydrogen) atoms. The molecule has 2 atom stereocenters. The number of aliphatic carboxylic acids is 1. The van der Waals surface area contributed by atoms with E-state index in [-0.39, 0.29) is 6.42 Å². The Labute approximate surface area is 56.0 Å². The minimum atomic E-state index is -1.69. The van der Waals surface area contributed by atoms with Gasteiger partial charge in [0, 0.05) is 6.42 Å². The van der Waals surface area contributed by atoms with Gasteiger partial charge in [-0.2, -0.15) is 0 Å². The second-order valence-electron chi connectivity index (χ2n) is 2.08. The number of carboxylic acid groups (broad SMARTS) is 1. The van der Waals surface area contributed by atoms with Crippen LogP contribution in [0.1, 0.15) is 6.42 Å². The topological polar surface area (TPSA) is 69.2 Å². The van der Waals surface area contributed by atoms with Crippen molar-refractivity contribution in [3.63, 3.8) is 0 Å². The summed E-state index contributed by atoms with van der Waals surface area (Å²) in [6.45, 7) is 0. The number of hydrogen-bond donors (Lipinski definition) is 1. The molecule has 0 bridgehead atoms. The molecule has 1 amide bonds. The van der Waals surface area contributed by atoms with E-state index in [4.69, 9.17) is 0 Å². The second-order valence-corrected chi connectivity index (χ2v) is 2.08. The van der Waals surface area contributed by atoms with Gasteiger partial charge >= 0.3 is 0 Å². The van der Waals surface area contributed by atoms with Gasteiger partial charge in [0.1, 0.15) is 0 Å². The number of hydrogen-bond acceptors (Lipinski definition) is 3. The molecule has 1 aliphatic heterocycles. The molecule has 1 N–H and O–H groups in total. The first-order chi connectivity index (χ1) is 4.61. The highest BCUT2D eigenvalue weighted by Gasteiger charge is 2.32. The number of alkyl halides is 1. The molecule has 1 aliphatic rings. The summed E-state index contributed by atoms with van der Waals surface area (Å²) in [6, 6.07) is -1.15. The standard InChI is InChI=1S/C5H6FNO3/c6-2-1-3(5(9)10)7-4(2)8/h2-3H,1H2,(H,7,8)(H,9,10)/p-1/t2-,3-/m0/s1. The van der Waals surface area contributed by atoms with Gasteiger partial charge in [0.2, 0.25) is 0 Å². The molecule has 0 spiro atoms. The lowest BCUT2D eigenvalue weighted by Gasteiger charge is -2.08. The van der Waals surface area contributed by atoms with E-state index in [2.05, 4.69) is 0 Å². The number of halogens is 1. The van der Waals surface area contributed by atoms with Gasteiger partial charge in [-0.15, -0.1) is 0 Å². The summed E-state index contributed by atoms with van der Waals surface area (Å²) in [5.74, 6) is -2.30. The van der Waals surface area contributed by atoms with Gasteiger partial charge in [0.15, 0.2) is 6.17 Å². The lowest BCUT2D eigenvalue weighted by Crippen LogP contribution is -2.42. The van der Waals surface area contributed by atoms with Crippen molar-refractivity contribution in [3.05, 3.63) is 0 Å². The van der Waals surface area contributed by atoms with Gasteiger partial charge in [-0.05, 0) is 0 Å². The summed E-state index contributed by atoms with van der Waals surface area (Å²) >= 11 is 0. The maximum Gasteiger partial charge on any atom is 0.255 e. The zero-order valence-electron chi connectivity index (χ0n) is 4.96. The number of carboxylic acids is 1. The molecule has 1 heterocycles. The van der Waals surface area contributed by atoms with Crippen molar-refractivity contribution in [2.75, 3.05) is 0 Å². The highest BCUT2D eigenvalue weighted by Crippen LogP contribution is 2.10. The van der Waals surface area contributed by atoms with Crippen LogP contribution in [0.15, 0.2) is 0 Å². The smallest absolute Gasteiger partial charge is 0.255 e. The second kappa shape index (κ2) is 2.24. The van der Waals surface area contributed by atoms with Crippen LogP contribution in [0.5, 0.6) is 0 Å². The van der Waals surface area contributed by atoms with Crippen molar-refractivity contribution in [2.24, 2.45) is 0 Å². The van der Waals surface area contributed by atoms with Crippen molar-refractivity contribution in [1.82, 2.24) is 5.32 Å². The van der Waals surface area contributed by atoms with Gasteiger partial charge < -0.3 is 15.2 Å². The first-order valence-electron chi connectivity index (χ1n) is 2.76. The molecule has 4 nitrogen and oxygen atoms in total. The summed E-state index contributed by atoms with van der Waals surface area (Å²) in [5, 5.41) is 11.9. The molecule has 56 valence electrons. The largest absolute Gasteiger partial charge is 0.548 e. The summed E-state index contributed by atoms with van der Waals surface area (Å²) in [5.41, 5.74) is 0. The average Bonchev–Trinajstić information content (AvgIpc) is 2.13. The van der Waals surface area contributed by atoms with Gasteiger partial charge in [0.05, 0.1) is 12.0 Å². The highest BCUT2D eigenvalue weighted by atomic mass is 19.1. The molecule has 0 unspecified atom stereocenters. The minimum Gasteiger partial charge on any atom is -0.548 e. The Morgan fingerprint density at radius 2 is 2.40 bits per heavy atom. The molecule has 1 rings (SSSR count). The Hall–Kier alpha value is -1.13. The average molecular weight is 146 g/mol. The predicted octanol–water partition coefficient (Wildman–Crippen LogP) is -2.04. The fraction of sp³-hybridized carbons (Fsp3) is 0.600.